The van der Waals surface area contributed by atoms with Gasteiger partial charge in [-0.05, 0) is 24.6 Å². The van der Waals surface area contributed by atoms with E-state index < -0.39 is 6.23 Å². The molecule has 3 aromatic rings. The number of nitrogens with zero attached hydrogens (tertiary/aromatic N) is 3. The zero-order chi connectivity index (χ0) is 18.6. The fourth-order valence-corrected chi connectivity index (χ4v) is 3.79. The van der Waals surface area contributed by atoms with Gasteiger partial charge in [0.05, 0.1) is 0 Å². The molecule has 0 bridgehead atoms. The number of unbranched alkanes of at least 4 members (excludes halogenated alkanes) is 1. The molecule has 1 atom stereocenters. The number of hydrogen-bond acceptors (Lipinski definition) is 6. The molecule has 0 radical (unpaired) electrons. The van der Waals surface area contributed by atoms with Crippen molar-refractivity contribution in [2.75, 3.05) is 11.1 Å². The van der Waals surface area contributed by atoms with Gasteiger partial charge in [0.25, 0.3) is 0 Å². The molecular formula is C20H19ClN4OS. The first kappa shape index (κ1) is 18.1. The van der Waals surface area contributed by atoms with E-state index in [0.29, 0.717) is 21.8 Å². The smallest absolute Gasteiger partial charge is 0.247 e. The van der Waals surface area contributed by atoms with E-state index in [0.717, 1.165) is 35.4 Å². The highest BCUT2D eigenvalue weighted by molar-refractivity contribution is 7.99. The summed E-state index contributed by atoms with van der Waals surface area (Å²) < 4.78 is 6.23. The molecular weight excluding hydrogens is 380 g/mol. The molecule has 5 nitrogen and oxygen atoms in total. The van der Waals surface area contributed by atoms with Crippen molar-refractivity contribution in [2.45, 2.75) is 31.1 Å². The summed E-state index contributed by atoms with van der Waals surface area (Å²) in [7, 11) is 0. The van der Waals surface area contributed by atoms with Crippen molar-refractivity contribution in [1.29, 1.82) is 0 Å². The van der Waals surface area contributed by atoms with Crippen molar-refractivity contribution in [1.82, 2.24) is 15.2 Å². The molecule has 27 heavy (non-hydrogen) atoms. The topological polar surface area (TPSA) is 59.9 Å². The molecule has 0 aliphatic carbocycles. The lowest BCUT2D eigenvalue weighted by Crippen LogP contribution is -2.17. The van der Waals surface area contributed by atoms with Crippen molar-refractivity contribution in [3.8, 4) is 17.1 Å². The maximum atomic E-state index is 6.23. The van der Waals surface area contributed by atoms with E-state index in [1.165, 1.54) is 0 Å². The lowest BCUT2D eigenvalue weighted by Gasteiger charge is -2.19. The minimum absolute atomic E-state index is 0.394. The molecule has 0 fully saturated rings. The highest BCUT2D eigenvalue weighted by Gasteiger charge is 2.25. The Hall–Kier alpha value is -2.31. The lowest BCUT2D eigenvalue weighted by atomic mass is 10.1. The molecule has 0 saturated heterocycles. The number of hydrogen-bond donors (Lipinski definition) is 1. The Morgan fingerprint density at radius 3 is 2.74 bits per heavy atom. The second kappa shape index (κ2) is 8.15. The Kier molecular flexibility index (Phi) is 5.45. The van der Waals surface area contributed by atoms with Gasteiger partial charge in [-0.25, -0.2) is 0 Å². The molecule has 2 heterocycles. The quantitative estimate of drug-likeness (QED) is 0.446. The van der Waals surface area contributed by atoms with Crippen LogP contribution in [0, 0.1) is 0 Å². The summed E-state index contributed by atoms with van der Waals surface area (Å²) in [5, 5.41) is 13.5. The first-order valence-electron chi connectivity index (χ1n) is 8.90. The van der Waals surface area contributed by atoms with Gasteiger partial charge >= 0.3 is 0 Å². The second-order valence-corrected chi connectivity index (χ2v) is 7.69. The van der Waals surface area contributed by atoms with E-state index in [-0.39, 0.29) is 0 Å². The number of thioether (sulfide) groups is 1. The number of benzene rings is 2. The average molecular weight is 399 g/mol. The Labute approximate surface area is 167 Å². The molecule has 0 amide bonds. The predicted molar refractivity (Wildman–Crippen MR) is 109 cm³/mol. The summed E-state index contributed by atoms with van der Waals surface area (Å²) >= 11 is 7.63. The fraction of sp³-hybridized carbons (Fsp3) is 0.250. The summed E-state index contributed by atoms with van der Waals surface area (Å²) in [5.74, 6) is 1.45. The zero-order valence-electron chi connectivity index (χ0n) is 14.9. The highest BCUT2D eigenvalue weighted by atomic mass is 35.5. The first-order valence-corrected chi connectivity index (χ1v) is 10.3. The van der Waals surface area contributed by atoms with Gasteiger partial charge in [-0.2, -0.15) is 4.98 Å². The van der Waals surface area contributed by atoms with Crippen LogP contribution in [0.5, 0.6) is 5.88 Å². The van der Waals surface area contributed by atoms with E-state index in [4.69, 9.17) is 16.3 Å². The molecule has 0 unspecified atom stereocenters. The lowest BCUT2D eigenvalue weighted by molar-refractivity contribution is 0.225. The molecule has 1 N–H and O–H groups in total. The van der Waals surface area contributed by atoms with Crippen LogP contribution in [0.25, 0.3) is 11.3 Å². The van der Waals surface area contributed by atoms with Crippen LogP contribution in [0.2, 0.25) is 5.02 Å². The van der Waals surface area contributed by atoms with Gasteiger partial charge in [0.2, 0.25) is 11.0 Å². The number of rotatable bonds is 5. The molecule has 0 saturated carbocycles. The van der Waals surface area contributed by atoms with Crippen LogP contribution in [0.3, 0.4) is 0 Å². The van der Waals surface area contributed by atoms with Crippen LogP contribution in [-0.2, 0) is 0 Å². The maximum absolute atomic E-state index is 6.23. The van der Waals surface area contributed by atoms with Crippen molar-refractivity contribution in [3.63, 3.8) is 0 Å². The van der Waals surface area contributed by atoms with Crippen molar-refractivity contribution >= 4 is 29.1 Å². The number of halogens is 1. The van der Waals surface area contributed by atoms with Crippen LogP contribution in [0.15, 0.2) is 53.7 Å². The number of para-hydroxylation sites is 1. The zero-order valence-corrected chi connectivity index (χ0v) is 16.4. The summed E-state index contributed by atoms with van der Waals surface area (Å²) in [6.45, 7) is 2.17. The molecule has 0 spiro atoms. The van der Waals surface area contributed by atoms with E-state index in [1.807, 2.05) is 48.5 Å². The first-order chi connectivity index (χ1) is 13.2. The molecule has 1 aromatic heterocycles. The minimum Gasteiger partial charge on any atom is -0.448 e. The van der Waals surface area contributed by atoms with E-state index in [1.54, 1.807) is 11.8 Å². The number of anilines is 1. The van der Waals surface area contributed by atoms with Gasteiger partial charge in [-0.3, -0.25) is 0 Å². The van der Waals surface area contributed by atoms with Gasteiger partial charge < -0.3 is 10.1 Å². The third-order valence-corrected chi connectivity index (χ3v) is 5.41. The van der Waals surface area contributed by atoms with Gasteiger partial charge in [-0.15, -0.1) is 10.2 Å². The molecule has 7 heteroatoms. The van der Waals surface area contributed by atoms with Gasteiger partial charge in [0, 0.05) is 27.6 Å². The number of ether oxygens (including phenoxy) is 1. The summed E-state index contributed by atoms with van der Waals surface area (Å²) in [4.78, 5) is 4.64. The highest BCUT2D eigenvalue weighted by Crippen LogP contribution is 2.39. The summed E-state index contributed by atoms with van der Waals surface area (Å²) in [5.41, 5.74) is 3.46. The van der Waals surface area contributed by atoms with Crippen LogP contribution in [0.1, 0.15) is 31.6 Å². The molecule has 138 valence electrons. The number of aromatic nitrogens is 3. The van der Waals surface area contributed by atoms with Gasteiger partial charge in [-0.1, -0.05) is 67.0 Å². The van der Waals surface area contributed by atoms with Crippen molar-refractivity contribution in [2.24, 2.45) is 0 Å². The Morgan fingerprint density at radius 2 is 1.93 bits per heavy atom. The van der Waals surface area contributed by atoms with E-state index in [9.17, 15) is 0 Å². The predicted octanol–water partition coefficient (Wildman–Crippen LogP) is 5.59. The van der Waals surface area contributed by atoms with Crippen LogP contribution in [0.4, 0.5) is 5.69 Å². The number of nitrogens with one attached hydrogen (secondary N) is 1. The van der Waals surface area contributed by atoms with E-state index >= 15 is 0 Å². The monoisotopic (exact) mass is 398 g/mol. The molecule has 1 aliphatic heterocycles. The average Bonchev–Trinajstić information content (AvgIpc) is 2.85. The molecule has 4 rings (SSSR count). The third kappa shape index (κ3) is 4.01. The standard InChI is InChI=1S/C20H19ClN4OS/c1-2-3-12-27-20-23-19-17(24-25-20)15-6-4-5-7-16(15)22-18(26-19)13-8-10-14(21)11-9-13/h4-11,18,22H,2-3,12H2,1H3/t18-/m0/s1. The van der Waals surface area contributed by atoms with Crippen molar-refractivity contribution in [3.05, 3.63) is 59.1 Å². The number of fused-ring (bicyclic) bond motifs is 3. The SMILES string of the molecule is CCCCSc1nnc2c(n1)O[C@@H](c1ccc(Cl)cc1)Nc1ccccc1-2. The second-order valence-electron chi connectivity index (χ2n) is 6.19. The van der Waals surface area contributed by atoms with E-state index in [2.05, 4.69) is 27.4 Å². The summed E-state index contributed by atoms with van der Waals surface area (Å²) in [6, 6.07) is 15.5. The van der Waals surface area contributed by atoms with Gasteiger partial charge in [0.1, 0.15) is 0 Å². The Balaban J connectivity index is 1.73. The summed E-state index contributed by atoms with van der Waals surface area (Å²) in [6.07, 6.45) is 1.86. The Morgan fingerprint density at radius 1 is 1.11 bits per heavy atom. The minimum atomic E-state index is -0.394. The normalized spacial score (nSPS) is 15.1. The third-order valence-electron chi connectivity index (χ3n) is 4.24. The molecule has 2 aromatic carbocycles. The Bertz CT molecular complexity index is 936. The van der Waals surface area contributed by atoms with Crippen LogP contribution in [-0.4, -0.2) is 20.9 Å². The fourth-order valence-electron chi connectivity index (χ4n) is 2.80. The van der Waals surface area contributed by atoms with Gasteiger partial charge in [0.15, 0.2) is 11.9 Å². The van der Waals surface area contributed by atoms with Crippen LogP contribution < -0.4 is 10.1 Å². The maximum Gasteiger partial charge on any atom is 0.247 e. The molecule has 1 aliphatic rings. The van der Waals surface area contributed by atoms with Crippen molar-refractivity contribution < 1.29 is 4.74 Å². The van der Waals surface area contributed by atoms with Crippen LogP contribution >= 0.6 is 23.4 Å². The largest absolute Gasteiger partial charge is 0.448 e.